The quantitative estimate of drug-likeness (QED) is 0.804. The van der Waals surface area contributed by atoms with E-state index in [9.17, 15) is 5.11 Å². The smallest absolute Gasteiger partial charge is 0.136 e. The third-order valence-electron chi connectivity index (χ3n) is 5.11. The molecule has 0 radical (unpaired) electrons. The lowest BCUT2D eigenvalue weighted by atomic mass is 9.79. The molecular weight excluding hydrogens is 326 g/mol. The molecule has 1 aliphatic rings. The van der Waals surface area contributed by atoms with E-state index < -0.39 is 5.60 Å². The van der Waals surface area contributed by atoms with Gasteiger partial charge in [-0.25, -0.2) is 0 Å². The summed E-state index contributed by atoms with van der Waals surface area (Å²) in [5.74, 6) is 0.765. The van der Waals surface area contributed by atoms with Crippen LogP contribution in [0.2, 0.25) is 0 Å². The van der Waals surface area contributed by atoms with Crippen LogP contribution in [0.15, 0.2) is 60.7 Å². The van der Waals surface area contributed by atoms with Crippen molar-refractivity contribution in [1.29, 1.82) is 0 Å². The molecule has 1 fully saturated rings. The van der Waals surface area contributed by atoms with Crippen LogP contribution in [0.25, 0.3) is 0 Å². The minimum absolute atomic E-state index is 0.688. The summed E-state index contributed by atoms with van der Waals surface area (Å²) >= 11 is 0. The van der Waals surface area contributed by atoms with Gasteiger partial charge in [0.1, 0.15) is 11.4 Å². The molecule has 0 aromatic heterocycles. The van der Waals surface area contributed by atoms with Crippen molar-refractivity contribution < 1.29 is 14.6 Å². The Kier molecular flexibility index (Phi) is 5.64. The van der Waals surface area contributed by atoms with Crippen LogP contribution in [0.4, 0.5) is 5.69 Å². The van der Waals surface area contributed by atoms with Gasteiger partial charge in [-0.2, -0.15) is 0 Å². The standard InChI is InChI=1S/C22H27NO3/c1-4-17(2)22(24,19-7-11-21(25-3)12-8-19)18-5-9-20(10-6-18)23-13-15-26-16-14-23/h5-12,24H,2,4,13-16H2,1,3H3. The summed E-state index contributed by atoms with van der Waals surface area (Å²) in [6.45, 7) is 9.45. The predicted molar refractivity (Wildman–Crippen MR) is 105 cm³/mol. The van der Waals surface area contributed by atoms with E-state index >= 15 is 0 Å². The number of morpholine rings is 1. The van der Waals surface area contributed by atoms with Crippen molar-refractivity contribution in [2.75, 3.05) is 38.3 Å². The summed E-state index contributed by atoms with van der Waals surface area (Å²) in [5, 5.41) is 11.6. The normalized spacial score (nSPS) is 16.8. The van der Waals surface area contributed by atoms with Gasteiger partial charge < -0.3 is 19.5 Å². The zero-order chi connectivity index (χ0) is 18.6. The van der Waals surface area contributed by atoms with Gasteiger partial charge in [0.05, 0.1) is 20.3 Å². The van der Waals surface area contributed by atoms with Gasteiger partial charge in [0.15, 0.2) is 0 Å². The fourth-order valence-corrected chi connectivity index (χ4v) is 3.40. The van der Waals surface area contributed by atoms with Crippen LogP contribution in [-0.2, 0) is 10.3 Å². The van der Waals surface area contributed by atoms with E-state index in [2.05, 4.69) is 23.6 Å². The summed E-state index contributed by atoms with van der Waals surface area (Å²) in [7, 11) is 1.64. The summed E-state index contributed by atoms with van der Waals surface area (Å²) in [5.41, 5.74) is 2.32. The molecule has 0 amide bonds. The van der Waals surface area contributed by atoms with Crippen molar-refractivity contribution >= 4 is 5.69 Å². The zero-order valence-electron chi connectivity index (χ0n) is 15.6. The molecule has 4 heteroatoms. The molecule has 1 heterocycles. The fraction of sp³-hybridized carbons (Fsp3) is 0.364. The molecule has 0 aliphatic carbocycles. The topological polar surface area (TPSA) is 41.9 Å². The number of methoxy groups -OCH3 is 1. The monoisotopic (exact) mass is 353 g/mol. The molecule has 2 aromatic rings. The van der Waals surface area contributed by atoms with E-state index in [0.717, 1.165) is 54.4 Å². The number of hydrogen-bond donors (Lipinski definition) is 1. The van der Waals surface area contributed by atoms with Gasteiger partial charge in [-0.15, -0.1) is 0 Å². The maximum absolute atomic E-state index is 11.6. The first-order chi connectivity index (χ1) is 12.6. The molecule has 2 aromatic carbocycles. The summed E-state index contributed by atoms with van der Waals surface area (Å²) in [4.78, 5) is 2.30. The lowest BCUT2D eigenvalue weighted by molar-refractivity contribution is 0.118. The molecule has 1 unspecified atom stereocenters. The van der Waals surface area contributed by atoms with Crippen LogP contribution in [-0.4, -0.2) is 38.5 Å². The third-order valence-corrected chi connectivity index (χ3v) is 5.11. The number of rotatable bonds is 6. The highest BCUT2D eigenvalue weighted by atomic mass is 16.5. The Morgan fingerprint density at radius 3 is 2.12 bits per heavy atom. The number of hydrogen-bond acceptors (Lipinski definition) is 4. The van der Waals surface area contributed by atoms with Crippen molar-refractivity contribution in [1.82, 2.24) is 0 Å². The van der Waals surface area contributed by atoms with Gasteiger partial charge in [0.25, 0.3) is 0 Å². The summed E-state index contributed by atoms with van der Waals surface area (Å²) < 4.78 is 10.7. The Morgan fingerprint density at radius 2 is 1.62 bits per heavy atom. The Bertz CT molecular complexity index is 733. The van der Waals surface area contributed by atoms with Gasteiger partial charge in [-0.1, -0.05) is 37.8 Å². The predicted octanol–water partition coefficient (Wildman–Crippen LogP) is 3.73. The summed E-state index contributed by atoms with van der Waals surface area (Å²) in [6, 6.07) is 15.7. The number of anilines is 1. The zero-order valence-corrected chi connectivity index (χ0v) is 15.6. The lowest BCUT2D eigenvalue weighted by Crippen LogP contribution is -2.36. The van der Waals surface area contributed by atoms with Gasteiger partial charge in [-0.05, 0) is 47.4 Å². The van der Waals surface area contributed by atoms with Crippen molar-refractivity contribution in [3.8, 4) is 5.75 Å². The highest BCUT2D eigenvalue weighted by Crippen LogP contribution is 2.38. The number of ether oxygens (including phenoxy) is 2. The average Bonchev–Trinajstić information content (AvgIpc) is 2.73. The van der Waals surface area contributed by atoms with E-state index in [0.29, 0.717) is 6.42 Å². The Hall–Kier alpha value is -2.30. The van der Waals surface area contributed by atoms with Crippen LogP contribution in [0.1, 0.15) is 24.5 Å². The van der Waals surface area contributed by atoms with E-state index in [1.165, 1.54) is 0 Å². The van der Waals surface area contributed by atoms with Crippen molar-refractivity contribution in [2.45, 2.75) is 18.9 Å². The van der Waals surface area contributed by atoms with Gasteiger partial charge in [0.2, 0.25) is 0 Å². The van der Waals surface area contributed by atoms with Crippen molar-refractivity contribution in [3.63, 3.8) is 0 Å². The molecule has 0 spiro atoms. The van der Waals surface area contributed by atoms with Gasteiger partial charge in [0, 0.05) is 18.8 Å². The van der Waals surface area contributed by atoms with Crippen LogP contribution in [0.3, 0.4) is 0 Å². The van der Waals surface area contributed by atoms with Gasteiger partial charge in [-0.3, -0.25) is 0 Å². The Morgan fingerprint density at radius 1 is 1.08 bits per heavy atom. The molecule has 1 N–H and O–H groups in total. The molecule has 26 heavy (non-hydrogen) atoms. The summed E-state index contributed by atoms with van der Waals surface area (Å²) in [6.07, 6.45) is 0.688. The first kappa shape index (κ1) is 18.5. The van der Waals surface area contributed by atoms with E-state index in [4.69, 9.17) is 9.47 Å². The van der Waals surface area contributed by atoms with Crippen molar-refractivity contribution in [2.24, 2.45) is 0 Å². The second-order valence-electron chi connectivity index (χ2n) is 6.54. The first-order valence-corrected chi connectivity index (χ1v) is 9.08. The molecule has 1 atom stereocenters. The third kappa shape index (κ3) is 3.48. The second kappa shape index (κ2) is 7.94. The number of nitrogens with zero attached hydrogens (tertiary/aromatic N) is 1. The largest absolute Gasteiger partial charge is 0.497 e. The molecule has 0 bridgehead atoms. The molecule has 0 saturated carbocycles. The van der Waals surface area contributed by atoms with Crippen LogP contribution in [0.5, 0.6) is 5.75 Å². The minimum Gasteiger partial charge on any atom is -0.497 e. The van der Waals surface area contributed by atoms with E-state index in [-0.39, 0.29) is 0 Å². The molecule has 3 rings (SSSR count). The van der Waals surface area contributed by atoms with Crippen LogP contribution >= 0.6 is 0 Å². The average molecular weight is 353 g/mol. The maximum Gasteiger partial charge on any atom is 0.136 e. The highest BCUT2D eigenvalue weighted by molar-refractivity contribution is 5.53. The fourth-order valence-electron chi connectivity index (χ4n) is 3.40. The lowest BCUT2D eigenvalue weighted by Gasteiger charge is -2.33. The Labute approximate surface area is 155 Å². The highest BCUT2D eigenvalue weighted by Gasteiger charge is 2.34. The Balaban J connectivity index is 1.95. The SMILES string of the molecule is C=C(CC)C(O)(c1ccc(OC)cc1)c1ccc(N2CCOCC2)cc1. The van der Waals surface area contributed by atoms with Crippen LogP contribution < -0.4 is 9.64 Å². The molecule has 4 nitrogen and oxygen atoms in total. The van der Waals surface area contributed by atoms with E-state index in [1.54, 1.807) is 7.11 Å². The molecule has 138 valence electrons. The number of benzene rings is 2. The first-order valence-electron chi connectivity index (χ1n) is 9.08. The molecular formula is C22H27NO3. The van der Waals surface area contributed by atoms with Crippen LogP contribution in [0, 0.1) is 0 Å². The maximum atomic E-state index is 11.6. The molecule has 1 saturated heterocycles. The van der Waals surface area contributed by atoms with E-state index in [1.807, 2.05) is 43.3 Å². The minimum atomic E-state index is -1.22. The molecule has 1 aliphatic heterocycles. The second-order valence-corrected chi connectivity index (χ2v) is 6.54. The number of aliphatic hydroxyl groups is 1. The van der Waals surface area contributed by atoms with Crippen molar-refractivity contribution in [3.05, 3.63) is 71.8 Å². The van der Waals surface area contributed by atoms with Gasteiger partial charge >= 0.3 is 0 Å².